The normalized spacial score (nSPS) is 14.9. The van der Waals surface area contributed by atoms with E-state index >= 15 is 0 Å². The van der Waals surface area contributed by atoms with Gasteiger partial charge in [0.25, 0.3) is 5.56 Å². The zero-order chi connectivity index (χ0) is 23.4. The number of thioether (sulfide) groups is 1. The third-order valence-electron chi connectivity index (χ3n) is 5.89. The molecule has 1 saturated heterocycles. The molecular weight excluding hydrogens is 456 g/mol. The molecule has 1 aromatic heterocycles. The Bertz CT molecular complexity index is 1180. The second-order valence-corrected chi connectivity index (χ2v) is 9.90. The number of rotatable bonds is 6. The predicted molar refractivity (Wildman–Crippen MR) is 134 cm³/mol. The van der Waals surface area contributed by atoms with Crippen LogP contribution in [-0.4, -0.2) is 47.0 Å². The number of hydrogen-bond donors (Lipinski definition) is 1. The van der Waals surface area contributed by atoms with Gasteiger partial charge < -0.3 is 14.8 Å². The van der Waals surface area contributed by atoms with Gasteiger partial charge in [-0.2, -0.15) is 0 Å². The molecule has 172 valence electrons. The monoisotopic (exact) mass is 482 g/mol. The van der Waals surface area contributed by atoms with Crippen molar-refractivity contribution in [3.8, 4) is 0 Å². The summed E-state index contributed by atoms with van der Waals surface area (Å²) in [6, 6.07) is 17.8. The summed E-state index contributed by atoms with van der Waals surface area (Å²) in [7, 11) is 0. The second-order valence-electron chi connectivity index (χ2n) is 8.13. The number of benzene rings is 2. The Labute approximate surface area is 203 Å². The van der Waals surface area contributed by atoms with E-state index in [0.717, 1.165) is 18.8 Å². The fraction of sp³-hybridized carbons (Fsp3) is 0.320. The first-order valence-corrected chi connectivity index (χ1v) is 12.3. The van der Waals surface area contributed by atoms with Crippen molar-refractivity contribution in [2.75, 3.05) is 31.1 Å². The lowest BCUT2D eigenvalue weighted by Gasteiger charge is -2.36. The van der Waals surface area contributed by atoms with Gasteiger partial charge in [0.05, 0.1) is 6.42 Å². The number of anilines is 1. The fourth-order valence-corrected chi connectivity index (χ4v) is 5.11. The first-order chi connectivity index (χ1) is 15.9. The average Bonchev–Trinajstić information content (AvgIpc) is 2.82. The van der Waals surface area contributed by atoms with E-state index in [-0.39, 0.29) is 23.1 Å². The number of hydrogen-bond acceptors (Lipinski definition) is 5. The standard InChI is InChI=1S/C25H27ClN4O2S/c1-17-22(24(32)28-25(27-17)33-18(2)19-7-4-3-5-8-19)16-23(31)30-13-11-29(12-14-30)21-10-6-9-20(26)15-21/h3-10,15,18H,11-14,16H2,1-2H3,(H,27,28,32). The van der Waals surface area contributed by atoms with Crippen LogP contribution in [0.15, 0.2) is 64.5 Å². The highest BCUT2D eigenvalue weighted by Gasteiger charge is 2.23. The second kappa shape index (κ2) is 10.4. The van der Waals surface area contributed by atoms with Crippen LogP contribution >= 0.6 is 23.4 Å². The van der Waals surface area contributed by atoms with Crippen LogP contribution in [0.4, 0.5) is 5.69 Å². The van der Waals surface area contributed by atoms with Crippen molar-refractivity contribution in [2.45, 2.75) is 30.7 Å². The maximum absolute atomic E-state index is 12.9. The number of aromatic nitrogens is 2. The lowest BCUT2D eigenvalue weighted by Crippen LogP contribution is -2.49. The molecule has 1 amide bonds. The number of nitrogens with one attached hydrogen (secondary N) is 1. The molecule has 6 nitrogen and oxygen atoms in total. The molecule has 0 spiro atoms. The molecule has 2 aromatic carbocycles. The van der Waals surface area contributed by atoms with Crippen molar-refractivity contribution in [1.82, 2.24) is 14.9 Å². The number of carbonyl (C=O) groups excluding carboxylic acids is 1. The minimum atomic E-state index is -0.240. The molecule has 1 aliphatic rings. The van der Waals surface area contributed by atoms with Crippen LogP contribution < -0.4 is 10.5 Å². The summed E-state index contributed by atoms with van der Waals surface area (Å²) in [5.74, 6) is -0.0470. The number of aryl methyl sites for hydroxylation is 1. The van der Waals surface area contributed by atoms with Crippen molar-refractivity contribution < 1.29 is 4.79 Å². The molecule has 33 heavy (non-hydrogen) atoms. The van der Waals surface area contributed by atoms with E-state index < -0.39 is 0 Å². The van der Waals surface area contributed by atoms with Gasteiger partial charge in [0.1, 0.15) is 0 Å². The SMILES string of the molecule is Cc1nc(SC(C)c2ccccc2)[nH]c(=O)c1CC(=O)N1CCN(c2cccc(Cl)c2)CC1. The van der Waals surface area contributed by atoms with E-state index in [9.17, 15) is 9.59 Å². The Morgan fingerprint density at radius 1 is 1.12 bits per heavy atom. The Morgan fingerprint density at radius 2 is 1.85 bits per heavy atom. The molecular formula is C25H27ClN4O2S. The number of piperazine rings is 1. The smallest absolute Gasteiger partial charge is 0.255 e. The molecule has 4 rings (SSSR count). The van der Waals surface area contributed by atoms with Crippen LogP contribution in [0.2, 0.25) is 5.02 Å². The highest BCUT2D eigenvalue weighted by Crippen LogP contribution is 2.32. The molecule has 0 saturated carbocycles. The maximum Gasteiger partial charge on any atom is 0.255 e. The molecule has 1 fully saturated rings. The van der Waals surface area contributed by atoms with Crippen molar-refractivity contribution in [1.29, 1.82) is 0 Å². The fourth-order valence-electron chi connectivity index (χ4n) is 3.96. The zero-order valence-corrected chi connectivity index (χ0v) is 20.3. The number of H-pyrrole nitrogens is 1. The molecule has 1 unspecified atom stereocenters. The summed E-state index contributed by atoms with van der Waals surface area (Å²) in [6.45, 7) is 6.55. The van der Waals surface area contributed by atoms with E-state index in [1.165, 1.54) is 17.3 Å². The first-order valence-electron chi connectivity index (χ1n) is 11.0. The zero-order valence-electron chi connectivity index (χ0n) is 18.8. The van der Waals surface area contributed by atoms with Crippen LogP contribution in [0, 0.1) is 6.92 Å². The van der Waals surface area contributed by atoms with Crippen LogP contribution in [0.25, 0.3) is 0 Å². The first kappa shape index (κ1) is 23.4. The van der Waals surface area contributed by atoms with Gasteiger partial charge >= 0.3 is 0 Å². The van der Waals surface area contributed by atoms with Crippen molar-refractivity contribution in [2.24, 2.45) is 0 Å². The van der Waals surface area contributed by atoms with E-state index in [1.807, 2.05) is 47.4 Å². The molecule has 0 bridgehead atoms. The number of nitrogens with zero attached hydrogens (tertiary/aromatic N) is 3. The number of carbonyl (C=O) groups is 1. The largest absolute Gasteiger partial charge is 0.368 e. The molecule has 8 heteroatoms. The van der Waals surface area contributed by atoms with Gasteiger partial charge in [-0.25, -0.2) is 4.98 Å². The lowest BCUT2D eigenvalue weighted by atomic mass is 10.1. The van der Waals surface area contributed by atoms with Gasteiger partial charge in [-0.3, -0.25) is 9.59 Å². The van der Waals surface area contributed by atoms with E-state index in [1.54, 1.807) is 6.92 Å². The summed E-state index contributed by atoms with van der Waals surface area (Å²) in [5.41, 5.74) is 3.03. The Hall–Kier alpha value is -2.77. The molecule has 1 atom stereocenters. The van der Waals surface area contributed by atoms with Crippen molar-refractivity contribution in [3.05, 3.63) is 86.8 Å². The van der Waals surface area contributed by atoms with Gasteiger partial charge in [-0.15, -0.1) is 0 Å². The summed E-state index contributed by atoms with van der Waals surface area (Å²) < 4.78 is 0. The minimum Gasteiger partial charge on any atom is -0.368 e. The van der Waals surface area contributed by atoms with Crippen LogP contribution in [0.1, 0.15) is 29.0 Å². The van der Waals surface area contributed by atoms with Crippen LogP contribution in [0.5, 0.6) is 0 Å². The quantitative estimate of drug-likeness (QED) is 0.414. The molecule has 1 aliphatic heterocycles. The van der Waals surface area contributed by atoms with Gasteiger partial charge in [0, 0.05) is 53.4 Å². The highest BCUT2D eigenvalue weighted by molar-refractivity contribution is 7.99. The number of aromatic amines is 1. The number of halogens is 1. The summed E-state index contributed by atoms with van der Waals surface area (Å²) >= 11 is 7.60. The van der Waals surface area contributed by atoms with E-state index in [2.05, 4.69) is 33.9 Å². The van der Waals surface area contributed by atoms with Crippen molar-refractivity contribution in [3.63, 3.8) is 0 Å². The Morgan fingerprint density at radius 3 is 2.52 bits per heavy atom. The predicted octanol–water partition coefficient (Wildman–Crippen LogP) is 4.48. The van der Waals surface area contributed by atoms with E-state index in [0.29, 0.717) is 34.5 Å². The lowest BCUT2D eigenvalue weighted by molar-refractivity contribution is -0.130. The molecule has 3 aromatic rings. The highest BCUT2D eigenvalue weighted by atomic mass is 35.5. The summed E-state index contributed by atoms with van der Waals surface area (Å²) in [5, 5.41) is 1.42. The molecule has 2 heterocycles. The van der Waals surface area contributed by atoms with E-state index in [4.69, 9.17) is 11.6 Å². The maximum atomic E-state index is 12.9. The topological polar surface area (TPSA) is 69.3 Å². The Balaban J connectivity index is 1.38. The molecule has 0 aliphatic carbocycles. The molecule has 0 radical (unpaired) electrons. The van der Waals surface area contributed by atoms with Gasteiger partial charge in [0.2, 0.25) is 5.91 Å². The summed E-state index contributed by atoms with van der Waals surface area (Å²) in [6.07, 6.45) is 0.0600. The van der Waals surface area contributed by atoms with Crippen molar-refractivity contribution >= 4 is 35.0 Å². The molecule has 1 N–H and O–H groups in total. The third-order valence-corrected chi connectivity index (χ3v) is 7.17. The number of amides is 1. The third kappa shape index (κ3) is 5.78. The van der Waals surface area contributed by atoms with Crippen LogP contribution in [0.3, 0.4) is 0 Å². The van der Waals surface area contributed by atoms with Gasteiger partial charge in [-0.05, 0) is 37.6 Å². The van der Waals surface area contributed by atoms with Crippen LogP contribution in [-0.2, 0) is 11.2 Å². The summed E-state index contributed by atoms with van der Waals surface area (Å²) in [4.78, 5) is 37.2. The van der Waals surface area contributed by atoms with Gasteiger partial charge in [0.15, 0.2) is 5.16 Å². The Kier molecular flexibility index (Phi) is 7.40. The minimum absolute atomic E-state index is 0.0470. The average molecular weight is 483 g/mol. The van der Waals surface area contributed by atoms with Gasteiger partial charge in [-0.1, -0.05) is 59.8 Å².